The van der Waals surface area contributed by atoms with Gasteiger partial charge in [-0.3, -0.25) is 4.99 Å². The molecule has 2 rings (SSSR count). The number of nitrogens with zero attached hydrogens (tertiary/aromatic N) is 2. The monoisotopic (exact) mass is 474 g/mol. The van der Waals surface area contributed by atoms with Crippen molar-refractivity contribution in [2.24, 2.45) is 10.4 Å². The molecule has 2 aliphatic rings. The summed E-state index contributed by atoms with van der Waals surface area (Å²) in [6.07, 6.45) is 5.00. The van der Waals surface area contributed by atoms with Crippen LogP contribution in [0.1, 0.15) is 32.6 Å². The second-order valence-corrected chi connectivity index (χ2v) is 8.48. The summed E-state index contributed by atoms with van der Waals surface area (Å²) in [5.74, 6) is 0.758. The first kappa shape index (κ1) is 21.9. The van der Waals surface area contributed by atoms with Crippen molar-refractivity contribution < 1.29 is 13.2 Å². The number of nitrogens with one attached hydrogen (secondary N) is 2. The molecule has 1 aliphatic carbocycles. The van der Waals surface area contributed by atoms with Crippen LogP contribution in [0, 0.1) is 5.41 Å². The van der Waals surface area contributed by atoms with E-state index in [9.17, 15) is 8.42 Å². The third-order valence-corrected chi connectivity index (χ3v) is 6.91. The minimum Gasteiger partial charge on any atom is -0.379 e. The van der Waals surface area contributed by atoms with Gasteiger partial charge in [0.25, 0.3) is 0 Å². The maximum Gasteiger partial charge on any atom is 0.215 e. The number of hydrogen-bond donors (Lipinski definition) is 2. The Kier molecular flexibility index (Phi) is 9.24. The molecule has 24 heavy (non-hydrogen) atoms. The lowest BCUT2D eigenvalue weighted by atomic mass is 9.67. The van der Waals surface area contributed by atoms with E-state index < -0.39 is 10.0 Å². The molecule has 1 saturated carbocycles. The summed E-state index contributed by atoms with van der Waals surface area (Å²) < 4.78 is 31.2. The summed E-state index contributed by atoms with van der Waals surface area (Å²) in [6.45, 7) is 5.36. The van der Waals surface area contributed by atoms with Gasteiger partial charge in [-0.2, -0.15) is 4.31 Å². The molecule has 2 N–H and O–H groups in total. The number of ether oxygens (including phenoxy) is 1. The molecule has 7 nitrogen and oxygen atoms in total. The summed E-state index contributed by atoms with van der Waals surface area (Å²) in [4.78, 5) is 4.18. The van der Waals surface area contributed by atoms with Gasteiger partial charge in [0.05, 0.1) is 19.0 Å². The van der Waals surface area contributed by atoms with E-state index in [1.165, 1.54) is 30.0 Å². The van der Waals surface area contributed by atoms with Crippen molar-refractivity contribution in [2.75, 3.05) is 52.2 Å². The van der Waals surface area contributed by atoms with Crippen LogP contribution in [0.15, 0.2) is 4.99 Å². The van der Waals surface area contributed by atoms with Crippen LogP contribution in [-0.2, 0) is 14.8 Å². The quantitative estimate of drug-likeness (QED) is 0.327. The first-order valence-corrected chi connectivity index (χ1v) is 10.1. The van der Waals surface area contributed by atoms with Gasteiger partial charge in [0.2, 0.25) is 10.0 Å². The minimum absolute atomic E-state index is 0. The molecule has 9 heteroatoms. The Hall–Kier alpha value is -0.130. The van der Waals surface area contributed by atoms with Crippen molar-refractivity contribution in [1.82, 2.24) is 14.9 Å². The van der Waals surface area contributed by atoms with Gasteiger partial charge < -0.3 is 15.4 Å². The number of hydrogen-bond acceptors (Lipinski definition) is 4. The molecular weight excluding hydrogens is 443 g/mol. The molecule has 0 unspecified atom stereocenters. The van der Waals surface area contributed by atoms with Crippen molar-refractivity contribution in [1.29, 1.82) is 0 Å². The van der Waals surface area contributed by atoms with Crippen molar-refractivity contribution >= 4 is 40.0 Å². The molecule has 0 aromatic heterocycles. The molecule has 0 amide bonds. The summed E-state index contributed by atoms with van der Waals surface area (Å²) in [5, 5.41) is 6.45. The van der Waals surface area contributed by atoms with Gasteiger partial charge in [-0.15, -0.1) is 24.0 Å². The number of halogens is 1. The molecule has 0 bridgehead atoms. The normalized spacial score (nSPS) is 21.5. The molecule has 0 atom stereocenters. The fourth-order valence-electron chi connectivity index (χ4n) is 3.08. The third kappa shape index (κ3) is 5.99. The van der Waals surface area contributed by atoms with Crippen LogP contribution in [0.2, 0.25) is 0 Å². The van der Waals surface area contributed by atoms with Crippen LogP contribution < -0.4 is 10.6 Å². The second kappa shape index (κ2) is 10.1. The second-order valence-electron chi connectivity index (χ2n) is 6.39. The Bertz CT molecular complexity index is 497. The summed E-state index contributed by atoms with van der Waals surface area (Å²) in [7, 11) is -1.51. The van der Waals surface area contributed by atoms with Crippen molar-refractivity contribution in [2.45, 2.75) is 32.6 Å². The molecular formula is C15H31IN4O3S. The van der Waals surface area contributed by atoms with Gasteiger partial charge in [-0.25, -0.2) is 8.42 Å². The summed E-state index contributed by atoms with van der Waals surface area (Å²) >= 11 is 0. The number of sulfonamides is 1. The Morgan fingerprint density at radius 3 is 2.42 bits per heavy atom. The molecule has 0 spiro atoms. The van der Waals surface area contributed by atoms with Gasteiger partial charge in [0.15, 0.2) is 5.96 Å². The topological polar surface area (TPSA) is 83.0 Å². The van der Waals surface area contributed by atoms with E-state index in [2.05, 4.69) is 22.5 Å². The van der Waals surface area contributed by atoms with E-state index in [0.29, 0.717) is 44.2 Å². The van der Waals surface area contributed by atoms with Crippen molar-refractivity contribution in [3.8, 4) is 0 Å². The first-order valence-electron chi connectivity index (χ1n) is 8.51. The number of morpholine rings is 1. The van der Waals surface area contributed by atoms with E-state index in [4.69, 9.17) is 4.74 Å². The Balaban J connectivity index is 0.00000288. The maximum absolute atomic E-state index is 12.2. The molecule has 0 aromatic rings. The molecule has 1 saturated heterocycles. The zero-order valence-electron chi connectivity index (χ0n) is 14.7. The van der Waals surface area contributed by atoms with E-state index in [1.807, 2.05) is 0 Å². The highest BCUT2D eigenvalue weighted by Crippen LogP contribution is 2.42. The molecule has 142 valence electrons. The fourth-order valence-corrected chi connectivity index (χ4v) is 4.40. The van der Waals surface area contributed by atoms with E-state index in [0.717, 1.165) is 6.54 Å². The highest BCUT2D eigenvalue weighted by atomic mass is 127. The predicted molar refractivity (Wildman–Crippen MR) is 108 cm³/mol. The van der Waals surface area contributed by atoms with Gasteiger partial charge in [0, 0.05) is 33.2 Å². The van der Waals surface area contributed by atoms with Crippen LogP contribution in [0.4, 0.5) is 0 Å². The van der Waals surface area contributed by atoms with Crippen LogP contribution in [0.3, 0.4) is 0 Å². The maximum atomic E-state index is 12.2. The van der Waals surface area contributed by atoms with E-state index in [-0.39, 0.29) is 29.7 Å². The minimum atomic E-state index is -3.22. The van der Waals surface area contributed by atoms with Crippen LogP contribution in [0.5, 0.6) is 0 Å². The van der Waals surface area contributed by atoms with Gasteiger partial charge in [-0.1, -0.05) is 13.3 Å². The third-order valence-electron chi connectivity index (χ3n) is 5.03. The Labute approximate surface area is 163 Å². The predicted octanol–water partition coefficient (Wildman–Crippen LogP) is 1.01. The number of rotatable bonds is 7. The smallest absolute Gasteiger partial charge is 0.215 e. The number of aliphatic imine (C=N–C) groups is 1. The first-order chi connectivity index (χ1) is 11.0. The van der Waals surface area contributed by atoms with E-state index in [1.54, 1.807) is 7.05 Å². The highest BCUT2D eigenvalue weighted by molar-refractivity contribution is 14.0. The van der Waals surface area contributed by atoms with Crippen molar-refractivity contribution in [3.63, 3.8) is 0 Å². The molecule has 1 aliphatic heterocycles. The summed E-state index contributed by atoms with van der Waals surface area (Å²) in [6, 6.07) is 0. The average molecular weight is 474 g/mol. The lowest BCUT2D eigenvalue weighted by Crippen LogP contribution is -2.48. The molecule has 2 fully saturated rings. The number of guanidine groups is 1. The average Bonchev–Trinajstić information content (AvgIpc) is 2.53. The Morgan fingerprint density at radius 1 is 1.25 bits per heavy atom. The highest BCUT2D eigenvalue weighted by Gasteiger charge is 2.34. The fraction of sp³-hybridized carbons (Fsp3) is 0.933. The largest absolute Gasteiger partial charge is 0.379 e. The van der Waals surface area contributed by atoms with Crippen molar-refractivity contribution in [3.05, 3.63) is 0 Å². The van der Waals surface area contributed by atoms with Crippen LogP contribution >= 0.6 is 24.0 Å². The lowest BCUT2D eigenvalue weighted by molar-refractivity contribution is 0.0730. The zero-order chi connectivity index (χ0) is 16.8. The molecule has 0 aromatic carbocycles. The van der Waals surface area contributed by atoms with Gasteiger partial charge in [-0.05, 0) is 24.7 Å². The van der Waals surface area contributed by atoms with Gasteiger partial charge >= 0.3 is 0 Å². The molecule has 1 heterocycles. The van der Waals surface area contributed by atoms with E-state index >= 15 is 0 Å². The summed E-state index contributed by atoms with van der Waals surface area (Å²) in [5.41, 5.74) is 0.400. The lowest BCUT2D eigenvalue weighted by Gasteiger charge is -2.41. The zero-order valence-corrected chi connectivity index (χ0v) is 17.9. The standard InChI is InChI=1S/C15H30N4O3S.HI/c1-3-15(5-4-6-15)13-18-14(16-2)17-7-12-23(20,21)19-8-10-22-11-9-19;/h3-13H2,1-2H3,(H2,16,17,18);1H. The van der Waals surface area contributed by atoms with Crippen LogP contribution in [0.25, 0.3) is 0 Å². The SMILES string of the molecule is CCC1(CNC(=NC)NCCS(=O)(=O)N2CCOCC2)CCC1.I. The Morgan fingerprint density at radius 2 is 1.92 bits per heavy atom. The van der Waals surface area contributed by atoms with Crippen LogP contribution in [-0.4, -0.2) is 70.9 Å². The molecule has 0 radical (unpaired) electrons. The van der Waals surface area contributed by atoms with Gasteiger partial charge in [0.1, 0.15) is 0 Å².